The Labute approximate surface area is 152 Å². The number of hydrogen-bond acceptors (Lipinski definition) is 4. The van der Waals surface area contributed by atoms with Gasteiger partial charge in [0.25, 0.3) is 0 Å². The Hall–Kier alpha value is -2.56. The summed E-state index contributed by atoms with van der Waals surface area (Å²) in [5, 5.41) is 4.20. The molecule has 26 heavy (non-hydrogen) atoms. The third-order valence-corrected chi connectivity index (χ3v) is 5.53. The van der Waals surface area contributed by atoms with Crippen molar-refractivity contribution >= 4 is 28.2 Å². The number of H-pyrrole nitrogens is 1. The Bertz CT molecular complexity index is 875. The average molecular weight is 352 g/mol. The summed E-state index contributed by atoms with van der Waals surface area (Å²) < 4.78 is 5.23. The van der Waals surface area contributed by atoms with Crippen molar-refractivity contribution in [3.8, 4) is 0 Å². The zero-order valence-electron chi connectivity index (χ0n) is 15.0. The third kappa shape index (κ3) is 2.81. The van der Waals surface area contributed by atoms with Gasteiger partial charge in [0.05, 0.1) is 23.8 Å². The van der Waals surface area contributed by atoms with E-state index < -0.39 is 0 Å². The highest BCUT2D eigenvalue weighted by Gasteiger charge is 2.36. The number of ketones is 1. The van der Waals surface area contributed by atoms with E-state index in [1.165, 1.54) is 0 Å². The van der Waals surface area contributed by atoms with Gasteiger partial charge in [-0.15, -0.1) is 0 Å². The van der Waals surface area contributed by atoms with Gasteiger partial charge in [-0.25, -0.2) is 4.79 Å². The van der Waals surface area contributed by atoms with Crippen LogP contribution in [0.4, 0.5) is 0 Å². The van der Waals surface area contributed by atoms with Gasteiger partial charge in [0.15, 0.2) is 0 Å². The van der Waals surface area contributed by atoms with Crippen LogP contribution >= 0.6 is 0 Å². The predicted octanol–water partition coefficient (Wildman–Crippen LogP) is 3.52. The molecule has 1 atom stereocenters. The van der Waals surface area contributed by atoms with Crippen LogP contribution in [0.1, 0.15) is 49.8 Å². The normalized spacial score (nSPS) is 20.2. The standard InChI is InChI=1S/C21H24N2O3/c1-2-26-21(25)16-12-22-11-15(20(24)13-7-3-4-8-13)18-14-9-5-6-10-17(14)23-19(16)18/h5-6,9-10,12-13,15,22-23H,2-4,7-8,11H2,1H3. The van der Waals surface area contributed by atoms with Crippen molar-refractivity contribution < 1.29 is 14.3 Å². The highest BCUT2D eigenvalue weighted by molar-refractivity contribution is 6.18. The van der Waals surface area contributed by atoms with Gasteiger partial charge in [0.1, 0.15) is 5.78 Å². The third-order valence-electron chi connectivity index (χ3n) is 5.53. The molecule has 2 aromatic rings. The van der Waals surface area contributed by atoms with Crippen LogP contribution in [0.2, 0.25) is 0 Å². The molecule has 136 valence electrons. The molecule has 5 nitrogen and oxygen atoms in total. The quantitative estimate of drug-likeness (QED) is 0.826. The number of esters is 1. The predicted molar refractivity (Wildman–Crippen MR) is 101 cm³/mol. The molecule has 0 saturated heterocycles. The molecule has 2 aliphatic rings. The molecule has 2 N–H and O–H groups in total. The van der Waals surface area contributed by atoms with E-state index in [0.29, 0.717) is 30.2 Å². The number of benzene rings is 1. The number of fused-ring (bicyclic) bond motifs is 3. The van der Waals surface area contributed by atoms with Crippen molar-refractivity contribution in [1.82, 2.24) is 10.3 Å². The Morgan fingerprint density at radius 2 is 1.96 bits per heavy atom. The lowest BCUT2D eigenvalue weighted by atomic mass is 9.84. The Morgan fingerprint density at radius 3 is 2.73 bits per heavy atom. The number of rotatable bonds is 4. The van der Waals surface area contributed by atoms with Crippen LogP contribution in [-0.4, -0.2) is 29.9 Å². The first kappa shape index (κ1) is 16.9. The molecule has 1 fully saturated rings. The van der Waals surface area contributed by atoms with Crippen LogP contribution in [-0.2, 0) is 14.3 Å². The van der Waals surface area contributed by atoms with Crippen LogP contribution in [0, 0.1) is 5.92 Å². The topological polar surface area (TPSA) is 71.2 Å². The van der Waals surface area contributed by atoms with Gasteiger partial charge in [-0.05, 0) is 31.4 Å². The number of hydrogen-bond donors (Lipinski definition) is 2. The summed E-state index contributed by atoms with van der Waals surface area (Å²) >= 11 is 0. The summed E-state index contributed by atoms with van der Waals surface area (Å²) in [6.07, 6.45) is 5.90. The van der Waals surface area contributed by atoms with Gasteiger partial charge in [0, 0.05) is 29.6 Å². The summed E-state index contributed by atoms with van der Waals surface area (Å²) in [6.45, 7) is 2.62. The van der Waals surface area contributed by atoms with Gasteiger partial charge in [-0.3, -0.25) is 4.79 Å². The van der Waals surface area contributed by atoms with Crippen molar-refractivity contribution in [2.45, 2.75) is 38.5 Å². The minimum atomic E-state index is -0.373. The molecule has 0 radical (unpaired) electrons. The van der Waals surface area contributed by atoms with Crippen molar-refractivity contribution in [2.75, 3.05) is 13.2 Å². The first-order chi connectivity index (χ1) is 12.7. The smallest absolute Gasteiger partial charge is 0.341 e. The fourth-order valence-electron chi connectivity index (χ4n) is 4.30. The fraction of sp³-hybridized carbons (Fsp3) is 0.429. The van der Waals surface area contributed by atoms with Crippen LogP contribution in [0.3, 0.4) is 0 Å². The van der Waals surface area contributed by atoms with Crippen LogP contribution < -0.4 is 5.32 Å². The van der Waals surface area contributed by atoms with E-state index in [-0.39, 0.29) is 17.8 Å². The molecular formula is C21H24N2O3. The summed E-state index contributed by atoms with van der Waals surface area (Å²) in [6, 6.07) is 7.93. The van der Waals surface area contributed by atoms with E-state index in [1.54, 1.807) is 13.1 Å². The van der Waals surface area contributed by atoms with E-state index in [1.807, 2.05) is 24.3 Å². The van der Waals surface area contributed by atoms with Gasteiger partial charge in [-0.2, -0.15) is 0 Å². The molecule has 0 bridgehead atoms. The molecule has 1 aromatic carbocycles. The maximum absolute atomic E-state index is 13.3. The van der Waals surface area contributed by atoms with Crippen LogP contribution in [0.5, 0.6) is 0 Å². The van der Waals surface area contributed by atoms with Crippen molar-refractivity contribution in [1.29, 1.82) is 0 Å². The van der Waals surface area contributed by atoms with E-state index in [0.717, 1.165) is 42.1 Å². The highest BCUT2D eigenvalue weighted by atomic mass is 16.5. The number of nitrogens with one attached hydrogen (secondary N) is 2. The molecule has 1 aliphatic heterocycles. The number of aromatic nitrogens is 1. The highest BCUT2D eigenvalue weighted by Crippen LogP contribution is 2.39. The summed E-state index contributed by atoms with van der Waals surface area (Å²) in [5.74, 6) is -0.207. The molecule has 2 heterocycles. The van der Waals surface area contributed by atoms with Crippen LogP contribution in [0.25, 0.3) is 16.5 Å². The summed E-state index contributed by atoms with van der Waals surface area (Å²) in [5.41, 5.74) is 3.05. The van der Waals surface area contributed by atoms with E-state index >= 15 is 0 Å². The number of carbonyl (C=O) groups excluding carboxylic acids is 2. The lowest BCUT2D eigenvalue weighted by Gasteiger charge is -2.19. The first-order valence-corrected chi connectivity index (χ1v) is 9.46. The lowest BCUT2D eigenvalue weighted by Crippen LogP contribution is -2.27. The second-order valence-electron chi connectivity index (χ2n) is 7.08. The number of aromatic amines is 1. The monoisotopic (exact) mass is 352 g/mol. The molecular weight excluding hydrogens is 328 g/mol. The first-order valence-electron chi connectivity index (χ1n) is 9.46. The Balaban J connectivity index is 1.83. The Kier molecular flexibility index (Phi) is 4.53. The average Bonchev–Trinajstić information content (AvgIpc) is 3.26. The largest absolute Gasteiger partial charge is 0.462 e. The maximum Gasteiger partial charge on any atom is 0.341 e. The van der Waals surface area contributed by atoms with Crippen molar-refractivity contribution in [3.05, 3.63) is 41.7 Å². The van der Waals surface area contributed by atoms with E-state index in [2.05, 4.69) is 10.3 Å². The SMILES string of the molecule is CCOC(=O)C1=CNCC(C(=O)C2CCCC2)c2c1[nH]c1ccccc21. The van der Waals surface area contributed by atoms with E-state index in [9.17, 15) is 9.59 Å². The zero-order valence-corrected chi connectivity index (χ0v) is 15.0. The van der Waals surface area contributed by atoms with Crippen molar-refractivity contribution in [2.24, 2.45) is 5.92 Å². The zero-order chi connectivity index (χ0) is 18.1. The van der Waals surface area contributed by atoms with Gasteiger partial charge in [0.2, 0.25) is 0 Å². The molecule has 0 spiro atoms. The second kappa shape index (κ2) is 6.98. The summed E-state index contributed by atoms with van der Waals surface area (Å²) in [4.78, 5) is 29.1. The van der Waals surface area contributed by atoms with Crippen LogP contribution in [0.15, 0.2) is 30.5 Å². The number of carbonyl (C=O) groups is 2. The van der Waals surface area contributed by atoms with Gasteiger partial charge >= 0.3 is 5.97 Å². The number of ether oxygens (including phenoxy) is 1. The minimum Gasteiger partial charge on any atom is -0.462 e. The fourth-order valence-corrected chi connectivity index (χ4v) is 4.30. The van der Waals surface area contributed by atoms with E-state index in [4.69, 9.17) is 4.74 Å². The molecule has 4 rings (SSSR count). The lowest BCUT2D eigenvalue weighted by molar-refractivity contribution is -0.136. The number of para-hydroxylation sites is 1. The molecule has 0 amide bonds. The molecule has 1 unspecified atom stereocenters. The Morgan fingerprint density at radius 1 is 1.19 bits per heavy atom. The summed E-state index contributed by atoms with van der Waals surface area (Å²) in [7, 11) is 0. The second-order valence-corrected chi connectivity index (χ2v) is 7.08. The molecule has 1 aliphatic carbocycles. The maximum atomic E-state index is 13.3. The van der Waals surface area contributed by atoms with Gasteiger partial charge in [-0.1, -0.05) is 31.0 Å². The number of Topliss-reactive ketones (excluding diaryl/α,β-unsaturated/α-hetero) is 1. The van der Waals surface area contributed by atoms with Crippen molar-refractivity contribution in [3.63, 3.8) is 0 Å². The minimum absolute atomic E-state index is 0.132. The molecule has 1 aromatic heterocycles. The van der Waals surface area contributed by atoms with Gasteiger partial charge < -0.3 is 15.0 Å². The molecule has 5 heteroatoms. The molecule has 1 saturated carbocycles.